The highest BCUT2D eigenvalue weighted by Gasteiger charge is 2.35. The highest BCUT2D eigenvalue weighted by molar-refractivity contribution is 6.30. The maximum absolute atomic E-state index is 13.4. The first kappa shape index (κ1) is 20.3. The van der Waals surface area contributed by atoms with E-state index in [0.717, 1.165) is 57.6 Å². The van der Waals surface area contributed by atoms with Crippen LogP contribution in [0, 0.1) is 5.92 Å². The molecular weight excluding hydrogens is 406 g/mol. The van der Waals surface area contributed by atoms with Crippen molar-refractivity contribution < 1.29 is 4.79 Å². The average molecular weight is 434 g/mol. The zero-order valence-corrected chi connectivity index (χ0v) is 18.5. The molecule has 2 saturated heterocycles. The van der Waals surface area contributed by atoms with Gasteiger partial charge in [0.15, 0.2) is 0 Å². The van der Waals surface area contributed by atoms with Gasteiger partial charge < -0.3 is 9.80 Å². The Morgan fingerprint density at radius 1 is 0.968 bits per heavy atom. The van der Waals surface area contributed by atoms with Crippen LogP contribution in [0.15, 0.2) is 60.8 Å². The summed E-state index contributed by atoms with van der Waals surface area (Å²) in [7, 11) is 0. The molecule has 5 rings (SSSR count). The van der Waals surface area contributed by atoms with Crippen LogP contribution >= 0.6 is 11.6 Å². The number of rotatable bonds is 4. The number of anilines is 1. The molecule has 3 heterocycles. The number of halogens is 1. The summed E-state index contributed by atoms with van der Waals surface area (Å²) < 4.78 is 0. The van der Waals surface area contributed by atoms with Crippen LogP contribution in [-0.2, 0) is 11.2 Å². The van der Waals surface area contributed by atoms with Crippen LogP contribution < -0.4 is 4.90 Å². The number of likely N-dealkylation sites (tertiary alicyclic amines) is 1. The van der Waals surface area contributed by atoms with E-state index in [4.69, 9.17) is 11.6 Å². The lowest BCUT2D eigenvalue weighted by molar-refractivity contribution is -0.137. The Balaban J connectivity index is 1.24. The maximum Gasteiger partial charge on any atom is 0.226 e. The lowest BCUT2D eigenvalue weighted by Gasteiger charge is -2.35. The summed E-state index contributed by atoms with van der Waals surface area (Å²) in [5, 5.41) is 3.24. The highest BCUT2D eigenvalue weighted by atomic mass is 35.5. The van der Waals surface area contributed by atoms with Gasteiger partial charge >= 0.3 is 0 Å². The average Bonchev–Trinajstić information content (AvgIpc) is 3.28. The third-order valence-corrected chi connectivity index (χ3v) is 7.10. The predicted octanol–water partition coefficient (Wildman–Crippen LogP) is 5.34. The van der Waals surface area contributed by atoms with E-state index in [1.54, 1.807) is 6.20 Å². The molecular formula is C26H28ClN3O. The fourth-order valence-corrected chi connectivity index (χ4v) is 5.32. The van der Waals surface area contributed by atoms with Crippen molar-refractivity contribution in [3.8, 4) is 0 Å². The van der Waals surface area contributed by atoms with Crippen LogP contribution in [-0.4, -0.2) is 41.5 Å². The largest absolute Gasteiger partial charge is 0.357 e. The SMILES string of the molecule is O=C(C1CCN(c2ccc(Cl)cn2)CC1)N1CCCC1Cc1cccc2ccccc12. The van der Waals surface area contributed by atoms with E-state index >= 15 is 0 Å². The minimum absolute atomic E-state index is 0.122. The van der Waals surface area contributed by atoms with E-state index in [1.165, 1.54) is 16.3 Å². The van der Waals surface area contributed by atoms with Gasteiger partial charge in [0, 0.05) is 37.8 Å². The van der Waals surface area contributed by atoms with Gasteiger partial charge in [-0.3, -0.25) is 4.79 Å². The van der Waals surface area contributed by atoms with Gasteiger partial charge in [0.1, 0.15) is 5.82 Å². The molecule has 0 N–H and O–H groups in total. The van der Waals surface area contributed by atoms with E-state index in [1.807, 2.05) is 12.1 Å². The smallest absolute Gasteiger partial charge is 0.226 e. The second-order valence-corrected chi connectivity index (χ2v) is 9.20. The number of piperidine rings is 1. The predicted molar refractivity (Wildman–Crippen MR) is 127 cm³/mol. The molecule has 2 aliphatic heterocycles. The van der Waals surface area contributed by atoms with Gasteiger partial charge in [-0.1, -0.05) is 54.1 Å². The van der Waals surface area contributed by atoms with Gasteiger partial charge in [-0.15, -0.1) is 0 Å². The number of carbonyl (C=O) groups excluding carboxylic acids is 1. The molecule has 0 saturated carbocycles. The Morgan fingerprint density at radius 2 is 1.77 bits per heavy atom. The Kier molecular flexibility index (Phi) is 5.82. The topological polar surface area (TPSA) is 36.4 Å². The Hall–Kier alpha value is -2.59. The van der Waals surface area contributed by atoms with E-state index < -0.39 is 0 Å². The summed E-state index contributed by atoms with van der Waals surface area (Å²) in [4.78, 5) is 22.3. The Bertz CT molecular complexity index is 1050. The summed E-state index contributed by atoms with van der Waals surface area (Å²) in [5.74, 6) is 1.42. The molecule has 2 fully saturated rings. The minimum atomic E-state index is 0.122. The monoisotopic (exact) mass is 433 g/mol. The minimum Gasteiger partial charge on any atom is -0.357 e. The van der Waals surface area contributed by atoms with E-state index in [-0.39, 0.29) is 5.92 Å². The van der Waals surface area contributed by atoms with Crippen molar-refractivity contribution in [2.24, 2.45) is 5.92 Å². The summed E-state index contributed by atoms with van der Waals surface area (Å²) in [5.41, 5.74) is 1.35. The van der Waals surface area contributed by atoms with Crippen molar-refractivity contribution in [2.75, 3.05) is 24.5 Å². The molecule has 5 heteroatoms. The first-order valence-corrected chi connectivity index (χ1v) is 11.7. The number of nitrogens with zero attached hydrogens (tertiary/aromatic N) is 3. The van der Waals surface area contributed by atoms with E-state index in [9.17, 15) is 4.79 Å². The van der Waals surface area contributed by atoms with Crippen molar-refractivity contribution in [2.45, 2.75) is 38.1 Å². The van der Waals surface area contributed by atoms with Crippen molar-refractivity contribution in [3.05, 3.63) is 71.4 Å². The quantitative estimate of drug-likeness (QED) is 0.557. The Labute approximate surface area is 188 Å². The zero-order chi connectivity index (χ0) is 21.2. The van der Waals surface area contributed by atoms with Crippen LogP contribution in [0.1, 0.15) is 31.2 Å². The lowest BCUT2D eigenvalue weighted by Crippen LogP contribution is -2.45. The van der Waals surface area contributed by atoms with Gasteiger partial charge in [0.25, 0.3) is 0 Å². The molecule has 0 radical (unpaired) electrons. The van der Waals surface area contributed by atoms with E-state index in [2.05, 4.69) is 57.2 Å². The molecule has 4 nitrogen and oxygen atoms in total. The van der Waals surface area contributed by atoms with E-state index in [0.29, 0.717) is 17.0 Å². The van der Waals surface area contributed by atoms with Gasteiger partial charge in [0.05, 0.1) is 5.02 Å². The fourth-order valence-electron chi connectivity index (χ4n) is 5.21. The van der Waals surface area contributed by atoms with Crippen LogP contribution in [0.5, 0.6) is 0 Å². The van der Waals surface area contributed by atoms with Crippen LogP contribution in [0.2, 0.25) is 5.02 Å². The lowest BCUT2D eigenvalue weighted by atomic mass is 9.93. The molecule has 1 amide bonds. The van der Waals surface area contributed by atoms with Crippen molar-refractivity contribution >= 4 is 34.1 Å². The number of benzene rings is 2. The second-order valence-electron chi connectivity index (χ2n) is 8.77. The summed E-state index contributed by atoms with van der Waals surface area (Å²) >= 11 is 5.96. The van der Waals surface area contributed by atoms with Crippen molar-refractivity contribution in [1.29, 1.82) is 0 Å². The number of hydrogen-bond donors (Lipinski definition) is 0. The molecule has 0 bridgehead atoms. The molecule has 0 aliphatic carbocycles. The zero-order valence-electron chi connectivity index (χ0n) is 17.7. The summed E-state index contributed by atoms with van der Waals surface area (Å²) in [6.07, 6.45) is 6.62. The van der Waals surface area contributed by atoms with Gasteiger partial charge in [-0.2, -0.15) is 0 Å². The number of pyridine rings is 1. The number of aromatic nitrogens is 1. The fraction of sp³-hybridized carbons (Fsp3) is 0.385. The number of fused-ring (bicyclic) bond motifs is 1. The molecule has 1 atom stereocenters. The van der Waals surface area contributed by atoms with Gasteiger partial charge in [-0.25, -0.2) is 4.98 Å². The molecule has 2 aromatic carbocycles. The number of hydrogen-bond acceptors (Lipinski definition) is 3. The molecule has 1 aromatic heterocycles. The van der Waals surface area contributed by atoms with Gasteiger partial charge in [-0.05, 0) is 60.6 Å². The molecule has 2 aliphatic rings. The standard InChI is InChI=1S/C26H28ClN3O/c27-22-10-11-25(28-18-22)29-15-12-20(13-16-29)26(31)30-14-4-8-23(30)17-21-7-3-6-19-5-1-2-9-24(19)21/h1-3,5-7,9-11,18,20,23H,4,8,12-17H2. The summed E-state index contributed by atoms with van der Waals surface area (Å²) in [6, 6.07) is 19.2. The summed E-state index contributed by atoms with van der Waals surface area (Å²) in [6.45, 7) is 2.63. The van der Waals surface area contributed by atoms with Crippen LogP contribution in [0.25, 0.3) is 10.8 Å². The number of amides is 1. The first-order valence-electron chi connectivity index (χ1n) is 11.3. The number of carbonyl (C=O) groups is 1. The molecule has 0 spiro atoms. The Morgan fingerprint density at radius 3 is 2.58 bits per heavy atom. The first-order chi connectivity index (χ1) is 15.2. The molecule has 1 unspecified atom stereocenters. The second kappa shape index (κ2) is 8.88. The highest BCUT2D eigenvalue weighted by Crippen LogP contribution is 2.30. The molecule has 160 valence electrons. The molecule has 3 aromatic rings. The van der Waals surface area contributed by atoms with Gasteiger partial charge in [0.2, 0.25) is 5.91 Å². The third kappa shape index (κ3) is 4.27. The third-order valence-electron chi connectivity index (χ3n) is 6.88. The van der Waals surface area contributed by atoms with Crippen molar-refractivity contribution in [3.63, 3.8) is 0 Å². The van der Waals surface area contributed by atoms with Crippen LogP contribution in [0.3, 0.4) is 0 Å². The maximum atomic E-state index is 13.4. The molecule has 31 heavy (non-hydrogen) atoms. The van der Waals surface area contributed by atoms with Crippen LogP contribution in [0.4, 0.5) is 5.82 Å². The van der Waals surface area contributed by atoms with Crippen molar-refractivity contribution in [1.82, 2.24) is 9.88 Å². The normalized spacial score (nSPS) is 19.8.